The number of carboxylic acid groups (broad SMARTS) is 1. The highest BCUT2D eigenvalue weighted by molar-refractivity contribution is 9.10. The van der Waals surface area contributed by atoms with Crippen LogP contribution in [-0.4, -0.2) is 35.7 Å². The van der Waals surface area contributed by atoms with Crippen molar-refractivity contribution < 1.29 is 23.8 Å². The molecule has 7 heteroatoms. The maximum Gasteiger partial charge on any atom is 0.329 e. The lowest BCUT2D eigenvalue weighted by Gasteiger charge is -2.33. The molecule has 1 aromatic rings. The number of rotatable bonds is 3. The third-order valence-corrected chi connectivity index (χ3v) is 3.59. The number of hydrogen-bond acceptors (Lipinski definition) is 4. The fourth-order valence-electron chi connectivity index (χ4n) is 2.05. The van der Waals surface area contributed by atoms with Crippen molar-refractivity contribution in [3.63, 3.8) is 0 Å². The number of carbonyl (C=O) groups is 2. The third kappa shape index (κ3) is 2.82. The molecule has 0 bridgehead atoms. The van der Waals surface area contributed by atoms with Gasteiger partial charge in [0.1, 0.15) is 5.54 Å². The molecule has 19 heavy (non-hydrogen) atoms. The van der Waals surface area contributed by atoms with E-state index in [1.165, 1.54) is 0 Å². The normalized spacial score (nSPS) is 18.0. The minimum Gasteiger partial charge on any atom is -0.480 e. The van der Waals surface area contributed by atoms with Crippen molar-refractivity contribution in [2.75, 3.05) is 13.2 Å². The SMILES string of the molecule is Cc1cc(Br)oc1C(=O)NC1(C(=O)O)CCOCC1. The Bertz CT molecular complexity index is 504. The van der Waals surface area contributed by atoms with Crippen LogP contribution in [0.1, 0.15) is 29.0 Å². The molecule has 1 saturated heterocycles. The number of aryl methyl sites for hydroxylation is 1. The maximum absolute atomic E-state index is 12.1. The van der Waals surface area contributed by atoms with Crippen LogP contribution in [0.5, 0.6) is 0 Å². The highest BCUT2D eigenvalue weighted by Gasteiger charge is 2.42. The number of carbonyl (C=O) groups excluding carboxylic acids is 1. The molecule has 0 aliphatic carbocycles. The number of aliphatic carboxylic acids is 1. The van der Waals surface area contributed by atoms with E-state index in [1.807, 2.05) is 0 Å². The van der Waals surface area contributed by atoms with E-state index in [2.05, 4.69) is 21.2 Å². The molecular formula is C12H14BrNO5. The number of furan rings is 1. The van der Waals surface area contributed by atoms with Gasteiger partial charge in [-0.25, -0.2) is 4.79 Å². The van der Waals surface area contributed by atoms with Crippen molar-refractivity contribution in [1.82, 2.24) is 5.32 Å². The first-order valence-corrected chi connectivity index (χ1v) is 6.63. The van der Waals surface area contributed by atoms with Crippen LogP contribution < -0.4 is 5.32 Å². The molecule has 0 unspecified atom stereocenters. The van der Waals surface area contributed by atoms with Gasteiger partial charge in [-0.2, -0.15) is 0 Å². The van der Waals surface area contributed by atoms with E-state index in [4.69, 9.17) is 9.15 Å². The van der Waals surface area contributed by atoms with Gasteiger partial charge in [0, 0.05) is 31.6 Å². The zero-order chi connectivity index (χ0) is 14.0. The molecule has 1 fully saturated rings. The van der Waals surface area contributed by atoms with E-state index in [1.54, 1.807) is 13.0 Å². The van der Waals surface area contributed by atoms with Crippen molar-refractivity contribution in [1.29, 1.82) is 0 Å². The summed E-state index contributed by atoms with van der Waals surface area (Å²) in [5.74, 6) is -1.45. The van der Waals surface area contributed by atoms with Crippen molar-refractivity contribution in [3.05, 3.63) is 22.1 Å². The van der Waals surface area contributed by atoms with Gasteiger partial charge in [-0.15, -0.1) is 0 Å². The Hall–Kier alpha value is -1.34. The van der Waals surface area contributed by atoms with Crippen LogP contribution in [0.2, 0.25) is 0 Å². The van der Waals surface area contributed by atoms with Crippen LogP contribution in [0.3, 0.4) is 0 Å². The number of amides is 1. The first-order valence-electron chi connectivity index (χ1n) is 5.84. The second-order valence-electron chi connectivity index (χ2n) is 4.52. The van der Waals surface area contributed by atoms with Crippen LogP contribution in [-0.2, 0) is 9.53 Å². The fraction of sp³-hybridized carbons (Fsp3) is 0.500. The average molecular weight is 332 g/mol. The molecule has 1 aliphatic heterocycles. The van der Waals surface area contributed by atoms with Crippen LogP contribution in [0.15, 0.2) is 15.2 Å². The zero-order valence-corrected chi connectivity index (χ0v) is 11.9. The van der Waals surface area contributed by atoms with Crippen molar-refractivity contribution in [3.8, 4) is 0 Å². The Labute approximate surface area is 118 Å². The van der Waals surface area contributed by atoms with Gasteiger partial charge in [-0.1, -0.05) is 0 Å². The summed E-state index contributed by atoms with van der Waals surface area (Å²) in [6, 6.07) is 1.66. The van der Waals surface area contributed by atoms with Gasteiger partial charge in [-0.3, -0.25) is 4.79 Å². The quantitative estimate of drug-likeness (QED) is 0.880. The number of halogens is 1. The second-order valence-corrected chi connectivity index (χ2v) is 5.30. The monoisotopic (exact) mass is 331 g/mol. The molecule has 0 atom stereocenters. The Balaban J connectivity index is 2.20. The summed E-state index contributed by atoms with van der Waals surface area (Å²) in [4.78, 5) is 23.5. The van der Waals surface area contributed by atoms with Crippen LogP contribution in [0, 0.1) is 6.92 Å². The summed E-state index contributed by atoms with van der Waals surface area (Å²) in [6.45, 7) is 2.35. The van der Waals surface area contributed by atoms with Crippen LogP contribution in [0.25, 0.3) is 0 Å². The lowest BCUT2D eigenvalue weighted by atomic mass is 9.90. The van der Waals surface area contributed by atoms with Gasteiger partial charge >= 0.3 is 5.97 Å². The molecule has 1 amide bonds. The predicted molar refractivity (Wildman–Crippen MR) is 69.0 cm³/mol. The van der Waals surface area contributed by atoms with E-state index in [-0.39, 0.29) is 18.6 Å². The highest BCUT2D eigenvalue weighted by Crippen LogP contribution is 2.24. The molecule has 0 radical (unpaired) electrons. The summed E-state index contributed by atoms with van der Waals surface area (Å²) in [6.07, 6.45) is 0.490. The van der Waals surface area contributed by atoms with Gasteiger partial charge < -0.3 is 19.6 Å². The summed E-state index contributed by atoms with van der Waals surface area (Å²) >= 11 is 3.14. The molecule has 1 aliphatic rings. The molecule has 104 valence electrons. The Morgan fingerprint density at radius 3 is 2.53 bits per heavy atom. The molecule has 0 spiro atoms. The van der Waals surface area contributed by atoms with Crippen molar-refractivity contribution in [2.45, 2.75) is 25.3 Å². The predicted octanol–water partition coefficient (Wildman–Crippen LogP) is 1.71. The highest BCUT2D eigenvalue weighted by atomic mass is 79.9. The van der Waals surface area contributed by atoms with E-state index in [9.17, 15) is 14.7 Å². The van der Waals surface area contributed by atoms with E-state index < -0.39 is 17.4 Å². The molecule has 2 rings (SSSR count). The van der Waals surface area contributed by atoms with Gasteiger partial charge in [0.05, 0.1) is 0 Å². The van der Waals surface area contributed by atoms with Gasteiger partial charge in [0.25, 0.3) is 5.91 Å². The molecule has 1 aromatic heterocycles. The van der Waals surface area contributed by atoms with Crippen LogP contribution >= 0.6 is 15.9 Å². The Morgan fingerprint density at radius 2 is 2.05 bits per heavy atom. The van der Waals surface area contributed by atoms with Crippen molar-refractivity contribution in [2.24, 2.45) is 0 Å². The fourth-order valence-corrected chi connectivity index (χ4v) is 2.56. The van der Waals surface area contributed by atoms with Gasteiger partial charge in [-0.05, 0) is 28.9 Å². The lowest BCUT2D eigenvalue weighted by molar-refractivity contribution is -0.148. The van der Waals surface area contributed by atoms with Gasteiger partial charge in [0.2, 0.25) is 0 Å². The molecular weight excluding hydrogens is 318 g/mol. The van der Waals surface area contributed by atoms with Crippen LogP contribution in [0.4, 0.5) is 0 Å². The number of nitrogens with one attached hydrogen (secondary N) is 1. The van der Waals surface area contributed by atoms with E-state index in [0.717, 1.165) is 0 Å². The first-order chi connectivity index (χ1) is 8.94. The largest absolute Gasteiger partial charge is 0.480 e. The Morgan fingerprint density at radius 1 is 1.42 bits per heavy atom. The number of carboxylic acids is 1. The first kappa shape index (κ1) is 14.1. The smallest absolute Gasteiger partial charge is 0.329 e. The summed E-state index contributed by atoms with van der Waals surface area (Å²) in [5.41, 5.74) is -0.627. The Kier molecular flexibility index (Phi) is 3.96. The van der Waals surface area contributed by atoms with Crippen molar-refractivity contribution >= 4 is 27.8 Å². The molecule has 0 aromatic carbocycles. The topological polar surface area (TPSA) is 88.8 Å². The molecule has 0 saturated carbocycles. The third-order valence-electron chi connectivity index (χ3n) is 3.20. The number of hydrogen-bond donors (Lipinski definition) is 2. The van der Waals surface area contributed by atoms with Gasteiger partial charge in [0.15, 0.2) is 10.4 Å². The molecule has 6 nitrogen and oxygen atoms in total. The standard InChI is InChI=1S/C12H14BrNO5/c1-7-6-8(13)19-9(7)10(15)14-12(11(16)17)2-4-18-5-3-12/h6H,2-5H2,1H3,(H,14,15)(H,16,17). The second kappa shape index (κ2) is 5.34. The minimum absolute atomic E-state index is 0.124. The van der Waals surface area contributed by atoms with E-state index in [0.29, 0.717) is 23.4 Å². The average Bonchev–Trinajstić information content (AvgIpc) is 2.69. The zero-order valence-electron chi connectivity index (χ0n) is 10.4. The summed E-state index contributed by atoms with van der Waals surface area (Å²) < 4.78 is 10.8. The minimum atomic E-state index is -1.28. The maximum atomic E-state index is 12.1. The van der Waals surface area contributed by atoms with E-state index >= 15 is 0 Å². The molecule has 2 heterocycles. The number of ether oxygens (including phenoxy) is 1. The summed E-state index contributed by atoms with van der Waals surface area (Å²) in [7, 11) is 0. The summed E-state index contributed by atoms with van der Waals surface area (Å²) in [5, 5.41) is 11.9. The molecule has 2 N–H and O–H groups in total. The lowest BCUT2D eigenvalue weighted by Crippen LogP contribution is -2.57.